The minimum absolute atomic E-state index is 0.0954. The van der Waals surface area contributed by atoms with Crippen molar-refractivity contribution in [2.24, 2.45) is 0 Å². The van der Waals surface area contributed by atoms with Gasteiger partial charge < -0.3 is 16.0 Å². The molecule has 0 aliphatic heterocycles. The molecular weight excluding hydrogens is 270 g/mol. The van der Waals surface area contributed by atoms with E-state index in [-0.39, 0.29) is 24.1 Å². The van der Waals surface area contributed by atoms with Crippen molar-refractivity contribution in [3.05, 3.63) is 41.6 Å². The largest absolute Gasteiger partial charge is 0.355 e. The summed E-state index contributed by atoms with van der Waals surface area (Å²) in [4.78, 5) is 34.5. The van der Waals surface area contributed by atoms with Crippen LogP contribution in [-0.2, 0) is 14.4 Å². The van der Waals surface area contributed by atoms with Crippen LogP contribution in [0.2, 0.25) is 0 Å². The van der Waals surface area contributed by atoms with Crippen LogP contribution in [0.1, 0.15) is 19.4 Å². The van der Waals surface area contributed by atoms with Crippen molar-refractivity contribution >= 4 is 23.8 Å². The van der Waals surface area contributed by atoms with E-state index < -0.39 is 5.91 Å². The van der Waals surface area contributed by atoms with Crippen LogP contribution in [0.3, 0.4) is 0 Å². The third-order valence-electron chi connectivity index (χ3n) is 2.45. The molecule has 0 aliphatic rings. The molecule has 0 saturated carbocycles. The van der Waals surface area contributed by atoms with Gasteiger partial charge in [-0.3, -0.25) is 14.4 Å². The lowest BCUT2D eigenvalue weighted by molar-refractivity contribution is -0.125. The highest BCUT2D eigenvalue weighted by molar-refractivity contribution is 6.02. The highest BCUT2D eigenvalue weighted by Gasteiger charge is 2.12. The lowest BCUT2D eigenvalue weighted by Gasteiger charge is -2.09. The summed E-state index contributed by atoms with van der Waals surface area (Å²) in [5, 5.41) is 7.49. The summed E-state index contributed by atoms with van der Waals surface area (Å²) in [7, 11) is 0. The average Bonchev–Trinajstić information content (AvgIpc) is 2.45. The van der Waals surface area contributed by atoms with Crippen LogP contribution in [0, 0.1) is 0 Å². The van der Waals surface area contributed by atoms with Crippen LogP contribution in [0.5, 0.6) is 0 Å². The summed E-state index contributed by atoms with van der Waals surface area (Å²) in [6, 6.07) is 9.11. The van der Waals surface area contributed by atoms with E-state index in [1.165, 1.54) is 6.92 Å². The van der Waals surface area contributed by atoms with Gasteiger partial charge in [-0.15, -0.1) is 0 Å². The SMILES string of the molecule is CCNC(=O)CNC(=O)/C(=C/c1ccccc1)NC(C)=O. The molecule has 1 rings (SSSR count). The predicted molar refractivity (Wildman–Crippen MR) is 79.9 cm³/mol. The number of hydrogen-bond acceptors (Lipinski definition) is 3. The fourth-order valence-corrected chi connectivity index (χ4v) is 1.58. The molecule has 0 aromatic heterocycles. The molecule has 0 radical (unpaired) electrons. The molecule has 0 saturated heterocycles. The van der Waals surface area contributed by atoms with Gasteiger partial charge >= 0.3 is 0 Å². The van der Waals surface area contributed by atoms with Gasteiger partial charge in [0.1, 0.15) is 5.70 Å². The van der Waals surface area contributed by atoms with Crippen molar-refractivity contribution in [1.29, 1.82) is 0 Å². The maximum Gasteiger partial charge on any atom is 0.268 e. The molecule has 0 bridgehead atoms. The highest BCUT2D eigenvalue weighted by atomic mass is 16.2. The summed E-state index contributed by atoms with van der Waals surface area (Å²) in [6.07, 6.45) is 1.55. The van der Waals surface area contributed by atoms with Crippen LogP contribution in [-0.4, -0.2) is 30.8 Å². The van der Waals surface area contributed by atoms with E-state index in [9.17, 15) is 14.4 Å². The lowest BCUT2D eigenvalue weighted by Crippen LogP contribution is -2.40. The molecule has 0 unspecified atom stereocenters. The first-order valence-corrected chi connectivity index (χ1v) is 6.62. The first-order valence-electron chi connectivity index (χ1n) is 6.62. The lowest BCUT2D eigenvalue weighted by atomic mass is 10.2. The summed E-state index contributed by atoms with van der Waals surface area (Å²) in [5.41, 5.74) is 0.868. The van der Waals surface area contributed by atoms with Crippen molar-refractivity contribution in [1.82, 2.24) is 16.0 Å². The minimum Gasteiger partial charge on any atom is -0.355 e. The van der Waals surface area contributed by atoms with Gasteiger partial charge in [0.15, 0.2) is 0 Å². The predicted octanol–water partition coefficient (Wildman–Crippen LogP) is 0.416. The van der Waals surface area contributed by atoms with Crippen molar-refractivity contribution in [2.75, 3.05) is 13.1 Å². The van der Waals surface area contributed by atoms with E-state index >= 15 is 0 Å². The molecule has 3 N–H and O–H groups in total. The van der Waals surface area contributed by atoms with E-state index in [2.05, 4.69) is 16.0 Å². The Morgan fingerprint density at radius 1 is 1.10 bits per heavy atom. The fraction of sp³-hybridized carbons (Fsp3) is 0.267. The standard InChI is InChI=1S/C15H19N3O3/c1-3-16-14(20)10-17-15(21)13(18-11(2)19)9-12-7-5-4-6-8-12/h4-9H,3,10H2,1-2H3,(H,16,20)(H,17,21)(H,18,19)/b13-9-. The van der Waals surface area contributed by atoms with Gasteiger partial charge in [0.05, 0.1) is 6.54 Å². The maximum atomic E-state index is 12.0. The molecule has 0 aliphatic carbocycles. The molecule has 3 amide bonds. The average molecular weight is 289 g/mol. The molecule has 1 aromatic carbocycles. The van der Waals surface area contributed by atoms with E-state index in [1.54, 1.807) is 25.1 Å². The second-order valence-corrected chi connectivity index (χ2v) is 4.29. The number of nitrogens with one attached hydrogen (secondary N) is 3. The minimum atomic E-state index is -0.514. The number of carbonyl (C=O) groups excluding carboxylic acids is 3. The third-order valence-corrected chi connectivity index (χ3v) is 2.45. The van der Waals surface area contributed by atoms with E-state index in [4.69, 9.17) is 0 Å². The number of likely N-dealkylation sites (N-methyl/N-ethyl adjacent to an activating group) is 1. The van der Waals surface area contributed by atoms with Gasteiger partial charge in [0.2, 0.25) is 11.8 Å². The normalized spacial score (nSPS) is 10.7. The van der Waals surface area contributed by atoms with E-state index in [0.717, 1.165) is 5.56 Å². The van der Waals surface area contributed by atoms with Crippen molar-refractivity contribution in [2.45, 2.75) is 13.8 Å². The van der Waals surface area contributed by atoms with Crippen LogP contribution in [0.4, 0.5) is 0 Å². The highest BCUT2D eigenvalue weighted by Crippen LogP contribution is 2.05. The summed E-state index contributed by atoms with van der Waals surface area (Å²) in [5.74, 6) is -1.15. The maximum absolute atomic E-state index is 12.0. The molecule has 0 heterocycles. The van der Waals surface area contributed by atoms with Gasteiger partial charge in [-0.05, 0) is 18.6 Å². The van der Waals surface area contributed by atoms with E-state index in [0.29, 0.717) is 6.54 Å². The van der Waals surface area contributed by atoms with Gasteiger partial charge in [-0.1, -0.05) is 30.3 Å². The van der Waals surface area contributed by atoms with Crippen molar-refractivity contribution < 1.29 is 14.4 Å². The Morgan fingerprint density at radius 3 is 2.33 bits per heavy atom. The molecule has 6 nitrogen and oxygen atoms in total. The Hall–Kier alpha value is -2.63. The molecular formula is C15H19N3O3. The molecule has 0 fully saturated rings. The Kier molecular flexibility index (Phi) is 6.67. The number of carbonyl (C=O) groups is 3. The van der Waals surface area contributed by atoms with Crippen LogP contribution < -0.4 is 16.0 Å². The van der Waals surface area contributed by atoms with Crippen LogP contribution in [0.25, 0.3) is 6.08 Å². The van der Waals surface area contributed by atoms with Crippen LogP contribution >= 0.6 is 0 Å². The van der Waals surface area contributed by atoms with Crippen molar-refractivity contribution in [3.63, 3.8) is 0 Å². The smallest absolute Gasteiger partial charge is 0.268 e. The second-order valence-electron chi connectivity index (χ2n) is 4.29. The molecule has 1 aromatic rings. The van der Waals surface area contributed by atoms with E-state index in [1.807, 2.05) is 18.2 Å². The molecule has 21 heavy (non-hydrogen) atoms. The Labute approximate surface area is 123 Å². The number of amides is 3. The number of rotatable bonds is 6. The monoisotopic (exact) mass is 289 g/mol. The van der Waals surface area contributed by atoms with Crippen LogP contribution in [0.15, 0.2) is 36.0 Å². The number of hydrogen-bond donors (Lipinski definition) is 3. The first-order chi connectivity index (χ1) is 10.0. The number of benzene rings is 1. The summed E-state index contributed by atoms with van der Waals surface area (Å²) in [6.45, 7) is 3.46. The van der Waals surface area contributed by atoms with Gasteiger partial charge in [-0.2, -0.15) is 0 Å². The zero-order chi connectivity index (χ0) is 15.7. The Balaban J connectivity index is 2.78. The summed E-state index contributed by atoms with van der Waals surface area (Å²) >= 11 is 0. The molecule has 6 heteroatoms. The van der Waals surface area contributed by atoms with Gasteiger partial charge in [-0.25, -0.2) is 0 Å². The third kappa shape index (κ3) is 6.38. The second kappa shape index (κ2) is 8.52. The van der Waals surface area contributed by atoms with Gasteiger partial charge in [0, 0.05) is 13.5 Å². The molecule has 0 spiro atoms. The first kappa shape index (κ1) is 16.4. The fourth-order valence-electron chi connectivity index (χ4n) is 1.58. The molecule has 0 atom stereocenters. The van der Waals surface area contributed by atoms with Crippen molar-refractivity contribution in [3.8, 4) is 0 Å². The zero-order valence-electron chi connectivity index (χ0n) is 12.1. The topological polar surface area (TPSA) is 87.3 Å². The Morgan fingerprint density at radius 2 is 1.76 bits per heavy atom. The molecule has 112 valence electrons. The van der Waals surface area contributed by atoms with Gasteiger partial charge in [0.25, 0.3) is 5.91 Å². The summed E-state index contributed by atoms with van der Waals surface area (Å²) < 4.78 is 0. The quantitative estimate of drug-likeness (QED) is 0.663. The zero-order valence-corrected chi connectivity index (χ0v) is 12.1. The Bertz CT molecular complexity index is 538.